The van der Waals surface area contributed by atoms with Crippen molar-refractivity contribution < 1.29 is 4.79 Å². The Kier molecular flexibility index (Phi) is 3.19. The van der Waals surface area contributed by atoms with Crippen molar-refractivity contribution in [2.45, 2.75) is 19.3 Å². The first kappa shape index (κ1) is 13.1. The highest BCUT2D eigenvalue weighted by Crippen LogP contribution is 2.31. The van der Waals surface area contributed by atoms with E-state index in [1.807, 2.05) is 30.6 Å². The van der Waals surface area contributed by atoms with Crippen LogP contribution < -0.4 is 0 Å². The van der Waals surface area contributed by atoms with Crippen LogP contribution in [-0.4, -0.2) is 15.8 Å². The maximum absolute atomic E-state index is 12.0. The molecule has 3 aromatic rings. The minimum absolute atomic E-state index is 0.291. The summed E-state index contributed by atoms with van der Waals surface area (Å²) in [5, 5.41) is 2.21. The van der Waals surface area contributed by atoms with Gasteiger partial charge in [0.15, 0.2) is 0 Å². The Bertz CT molecular complexity index is 838. The van der Waals surface area contributed by atoms with Crippen molar-refractivity contribution in [1.82, 2.24) is 9.97 Å². The Morgan fingerprint density at radius 1 is 1.05 bits per heavy atom. The second kappa shape index (κ2) is 5.34. The third-order valence-corrected chi connectivity index (χ3v) is 4.16. The van der Waals surface area contributed by atoms with E-state index in [0.717, 1.165) is 40.4 Å². The predicted octanol–water partition coefficient (Wildman–Crippen LogP) is 3.82. The Hall–Kier alpha value is -2.55. The van der Waals surface area contributed by atoms with Gasteiger partial charge in [0.25, 0.3) is 0 Å². The molecule has 108 valence electrons. The highest BCUT2D eigenvalue weighted by molar-refractivity contribution is 5.89. The van der Waals surface area contributed by atoms with Crippen molar-refractivity contribution in [3.63, 3.8) is 0 Å². The number of ketones is 1. The first-order chi connectivity index (χ1) is 10.8. The lowest BCUT2D eigenvalue weighted by Gasteiger charge is -2.05. The molecule has 0 saturated heterocycles. The van der Waals surface area contributed by atoms with Gasteiger partial charge in [-0.1, -0.05) is 18.2 Å². The largest absolute Gasteiger partial charge is 0.299 e. The number of carbonyl (C=O) groups excluding carboxylic acids is 1. The molecule has 1 aliphatic rings. The maximum atomic E-state index is 12.0. The molecule has 0 radical (unpaired) electrons. The number of hydrogen-bond acceptors (Lipinski definition) is 3. The summed E-state index contributed by atoms with van der Waals surface area (Å²) in [5.41, 5.74) is 3.09. The summed E-state index contributed by atoms with van der Waals surface area (Å²) in [6.07, 6.45) is 8.06. The van der Waals surface area contributed by atoms with E-state index in [9.17, 15) is 4.79 Å². The molecule has 1 saturated carbocycles. The van der Waals surface area contributed by atoms with Gasteiger partial charge in [-0.2, -0.15) is 0 Å². The second-order valence-corrected chi connectivity index (χ2v) is 5.90. The molecular weight excluding hydrogens is 272 g/mol. The molecule has 1 aliphatic carbocycles. The molecule has 0 atom stereocenters. The molecule has 0 bridgehead atoms. The van der Waals surface area contributed by atoms with Crippen LogP contribution in [0.1, 0.15) is 18.5 Å². The van der Waals surface area contributed by atoms with E-state index < -0.39 is 0 Å². The lowest BCUT2D eigenvalue weighted by molar-refractivity contribution is -0.119. The van der Waals surface area contributed by atoms with Crippen molar-refractivity contribution >= 4 is 16.6 Å². The summed E-state index contributed by atoms with van der Waals surface area (Å²) in [4.78, 5) is 20.5. The fourth-order valence-corrected chi connectivity index (χ4v) is 2.72. The average molecular weight is 288 g/mol. The van der Waals surface area contributed by atoms with E-state index in [1.54, 1.807) is 6.20 Å². The van der Waals surface area contributed by atoms with Crippen LogP contribution in [0.15, 0.2) is 55.0 Å². The highest BCUT2D eigenvalue weighted by Gasteiger charge is 2.29. The van der Waals surface area contributed by atoms with Crippen molar-refractivity contribution in [3.05, 3.63) is 60.7 Å². The van der Waals surface area contributed by atoms with E-state index in [2.05, 4.69) is 28.2 Å². The van der Waals surface area contributed by atoms with E-state index in [0.29, 0.717) is 18.1 Å². The first-order valence-corrected chi connectivity index (χ1v) is 7.61. The molecule has 0 N–H and O–H groups in total. The number of carbonyl (C=O) groups is 1. The number of benzene rings is 1. The predicted molar refractivity (Wildman–Crippen MR) is 86.4 cm³/mol. The summed E-state index contributed by atoms with van der Waals surface area (Å²) < 4.78 is 0. The van der Waals surface area contributed by atoms with Crippen molar-refractivity contribution in [1.29, 1.82) is 0 Å². The monoisotopic (exact) mass is 288 g/mol. The fourth-order valence-electron chi connectivity index (χ4n) is 2.72. The van der Waals surface area contributed by atoms with Gasteiger partial charge in [0.2, 0.25) is 0 Å². The van der Waals surface area contributed by atoms with Gasteiger partial charge >= 0.3 is 0 Å². The molecule has 0 aliphatic heterocycles. The molecule has 0 unspecified atom stereocenters. The topological polar surface area (TPSA) is 42.9 Å². The zero-order chi connectivity index (χ0) is 14.9. The van der Waals surface area contributed by atoms with Crippen molar-refractivity contribution in [2.75, 3.05) is 0 Å². The SMILES string of the molecule is O=C(Cc1cc2cc(-c3cccnc3)ccc2cn1)C1CC1. The van der Waals surface area contributed by atoms with Crippen LogP contribution in [-0.2, 0) is 11.2 Å². The van der Waals surface area contributed by atoms with Crippen LogP contribution in [0.4, 0.5) is 0 Å². The van der Waals surface area contributed by atoms with Gasteiger partial charge in [-0.3, -0.25) is 14.8 Å². The van der Waals surface area contributed by atoms with Crippen molar-refractivity contribution in [3.8, 4) is 11.1 Å². The standard InChI is InChI=1S/C19H16N2O/c22-19(13-3-4-13)10-18-9-17-8-14(5-6-16(17)12-21-18)15-2-1-7-20-11-15/h1-2,5-9,11-13H,3-4,10H2. The van der Waals surface area contributed by atoms with Crippen LogP contribution in [0.2, 0.25) is 0 Å². The second-order valence-electron chi connectivity index (χ2n) is 5.90. The minimum Gasteiger partial charge on any atom is -0.299 e. The number of rotatable bonds is 4. The smallest absolute Gasteiger partial charge is 0.141 e. The van der Waals surface area contributed by atoms with Gasteiger partial charge in [-0.25, -0.2) is 0 Å². The van der Waals surface area contributed by atoms with Crippen LogP contribution in [0.25, 0.3) is 21.9 Å². The first-order valence-electron chi connectivity index (χ1n) is 7.61. The molecule has 0 amide bonds. The van der Waals surface area contributed by atoms with Crippen LogP contribution in [0.3, 0.4) is 0 Å². The maximum Gasteiger partial charge on any atom is 0.141 e. The van der Waals surface area contributed by atoms with Crippen LogP contribution >= 0.6 is 0 Å². The van der Waals surface area contributed by atoms with Gasteiger partial charge in [0.05, 0.1) is 0 Å². The quantitative estimate of drug-likeness (QED) is 0.733. The van der Waals surface area contributed by atoms with E-state index in [4.69, 9.17) is 0 Å². The van der Waals surface area contributed by atoms with Crippen LogP contribution in [0, 0.1) is 5.92 Å². The minimum atomic E-state index is 0.291. The zero-order valence-corrected chi connectivity index (χ0v) is 12.2. The van der Waals surface area contributed by atoms with Gasteiger partial charge < -0.3 is 0 Å². The molecular formula is C19H16N2O. The number of hydrogen-bond donors (Lipinski definition) is 0. The molecule has 1 aromatic carbocycles. The molecule has 2 aromatic heterocycles. The van der Waals surface area contributed by atoms with E-state index >= 15 is 0 Å². The Balaban J connectivity index is 1.69. The number of fused-ring (bicyclic) bond motifs is 1. The van der Waals surface area contributed by atoms with Gasteiger partial charge in [0.1, 0.15) is 5.78 Å². The van der Waals surface area contributed by atoms with E-state index in [-0.39, 0.29) is 0 Å². The number of aromatic nitrogens is 2. The molecule has 2 heterocycles. The highest BCUT2D eigenvalue weighted by atomic mass is 16.1. The molecule has 3 heteroatoms. The number of nitrogens with zero attached hydrogens (tertiary/aromatic N) is 2. The third-order valence-electron chi connectivity index (χ3n) is 4.16. The third kappa shape index (κ3) is 2.62. The van der Waals surface area contributed by atoms with Gasteiger partial charge in [0, 0.05) is 47.6 Å². The van der Waals surface area contributed by atoms with Gasteiger partial charge in [-0.15, -0.1) is 0 Å². The summed E-state index contributed by atoms with van der Waals surface area (Å²) >= 11 is 0. The zero-order valence-electron chi connectivity index (χ0n) is 12.2. The summed E-state index contributed by atoms with van der Waals surface area (Å²) in [5.74, 6) is 0.620. The molecule has 1 fully saturated rings. The lowest BCUT2D eigenvalue weighted by Crippen LogP contribution is -2.06. The Labute approximate surface area is 129 Å². The molecule has 22 heavy (non-hydrogen) atoms. The summed E-state index contributed by atoms with van der Waals surface area (Å²) in [6.45, 7) is 0. The number of pyridine rings is 2. The van der Waals surface area contributed by atoms with Crippen LogP contribution in [0.5, 0.6) is 0 Å². The van der Waals surface area contributed by atoms with Gasteiger partial charge in [-0.05, 0) is 42.0 Å². The Morgan fingerprint density at radius 3 is 2.73 bits per heavy atom. The Morgan fingerprint density at radius 2 is 1.95 bits per heavy atom. The average Bonchev–Trinajstić information content (AvgIpc) is 3.40. The lowest BCUT2D eigenvalue weighted by atomic mass is 10.0. The summed E-state index contributed by atoms with van der Waals surface area (Å²) in [6, 6.07) is 12.3. The summed E-state index contributed by atoms with van der Waals surface area (Å²) in [7, 11) is 0. The molecule has 0 spiro atoms. The molecule has 3 nitrogen and oxygen atoms in total. The normalized spacial score (nSPS) is 14.2. The number of Topliss-reactive ketones (excluding diaryl/α,β-unsaturated/α-hetero) is 1. The van der Waals surface area contributed by atoms with E-state index in [1.165, 1.54) is 0 Å². The van der Waals surface area contributed by atoms with Crippen molar-refractivity contribution in [2.24, 2.45) is 5.92 Å². The molecule has 4 rings (SSSR count). The fraction of sp³-hybridized carbons (Fsp3) is 0.211.